The molecule has 1 saturated carbocycles. The molecule has 0 aliphatic heterocycles. The first-order valence-corrected chi connectivity index (χ1v) is 7.28. The highest BCUT2D eigenvalue weighted by Gasteiger charge is 2.39. The van der Waals surface area contributed by atoms with E-state index in [1.54, 1.807) is 0 Å². The van der Waals surface area contributed by atoms with E-state index in [0.29, 0.717) is 0 Å². The number of hydrogen-bond acceptors (Lipinski definition) is 3. The van der Waals surface area contributed by atoms with E-state index in [4.69, 9.17) is 5.11 Å². The molecule has 1 aliphatic rings. The monoisotopic (exact) mass is 333 g/mol. The Hall–Kier alpha value is -2.06. The molecule has 0 bridgehead atoms. The fourth-order valence-corrected chi connectivity index (χ4v) is 2.63. The lowest BCUT2D eigenvalue weighted by Crippen LogP contribution is -2.43. The van der Waals surface area contributed by atoms with Crippen molar-refractivity contribution < 1.29 is 27.9 Å². The van der Waals surface area contributed by atoms with Gasteiger partial charge in [0.15, 0.2) is 0 Å². The molecule has 0 saturated heterocycles. The Labute approximate surface area is 130 Å². The van der Waals surface area contributed by atoms with Crippen molar-refractivity contribution in [2.75, 3.05) is 6.54 Å². The van der Waals surface area contributed by atoms with Gasteiger partial charge in [-0.1, -0.05) is 6.42 Å². The summed E-state index contributed by atoms with van der Waals surface area (Å²) in [6.45, 7) is -0.106. The van der Waals surface area contributed by atoms with Crippen LogP contribution in [-0.4, -0.2) is 39.5 Å². The summed E-state index contributed by atoms with van der Waals surface area (Å²) in [5, 5.41) is 15.3. The van der Waals surface area contributed by atoms with Crippen molar-refractivity contribution in [3.05, 3.63) is 18.0 Å². The number of carboxylic acids is 1. The molecule has 9 heteroatoms. The molecule has 1 heterocycles. The Morgan fingerprint density at radius 1 is 1.39 bits per heavy atom. The standard InChI is InChI=1S/C14H18F3N3O3/c15-14(16,17)4-5-20-8-10(7-19-20)12(23)18-9-13(2-1-3-13)6-11(21)22/h7-8H,1-6,9H2,(H,18,23)(H,21,22). The molecule has 0 spiro atoms. The van der Waals surface area contributed by atoms with Gasteiger partial charge in [0.25, 0.3) is 5.91 Å². The van der Waals surface area contributed by atoms with E-state index >= 15 is 0 Å². The van der Waals surface area contributed by atoms with Gasteiger partial charge in [0.1, 0.15) is 0 Å². The first-order valence-electron chi connectivity index (χ1n) is 7.28. The lowest BCUT2D eigenvalue weighted by Gasteiger charge is -2.40. The van der Waals surface area contributed by atoms with Gasteiger partial charge in [0.05, 0.1) is 24.6 Å². The van der Waals surface area contributed by atoms with E-state index in [2.05, 4.69) is 10.4 Å². The van der Waals surface area contributed by atoms with E-state index < -0.39 is 29.9 Å². The fourth-order valence-electron chi connectivity index (χ4n) is 2.63. The Morgan fingerprint density at radius 3 is 2.61 bits per heavy atom. The summed E-state index contributed by atoms with van der Waals surface area (Å²) in [5.74, 6) is -1.36. The number of hydrogen-bond donors (Lipinski definition) is 2. The molecule has 2 N–H and O–H groups in total. The van der Waals surface area contributed by atoms with Gasteiger partial charge in [0, 0.05) is 19.3 Å². The molecule has 2 rings (SSSR count). The van der Waals surface area contributed by atoms with Gasteiger partial charge in [-0.15, -0.1) is 0 Å². The topological polar surface area (TPSA) is 84.2 Å². The van der Waals surface area contributed by atoms with Crippen LogP contribution < -0.4 is 5.32 Å². The summed E-state index contributed by atoms with van der Waals surface area (Å²) in [6, 6.07) is 0. The zero-order chi connectivity index (χ0) is 17.1. The predicted octanol–water partition coefficient (Wildman–Crippen LogP) is 2.21. The third-order valence-corrected chi connectivity index (χ3v) is 4.08. The molecule has 128 valence electrons. The van der Waals surface area contributed by atoms with Crippen LogP contribution in [0.1, 0.15) is 42.5 Å². The van der Waals surface area contributed by atoms with Crippen molar-refractivity contribution >= 4 is 11.9 Å². The summed E-state index contributed by atoms with van der Waals surface area (Å²) in [7, 11) is 0. The molecular formula is C14H18F3N3O3. The minimum atomic E-state index is -4.28. The molecule has 1 fully saturated rings. The number of amides is 1. The number of aryl methyl sites for hydroxylation is 1. The first kappa shape index (κ1) is 17.3. The molecule has 1 aliphatic carbocycles. The second kappa shape index (κ2) is 6.59. The fraction of sp³-hybridized carbons (Fsp3) is 0.643. The van der Waals surface area contributed by atoms with Gasteiger partial charge in [0.2, 0.25) is 0 Å². The average molecular weight is 333 g/mol. The summed E-state index contributed by atoms with van der Waals surface area (Å²) >= 11 is 0. The van der Waals surface area contributed by atoms with Crippen LogP contribution in [0, 0.1) is 5.41 Å². The highest BCUT2D eigenvalue weighted by Crippen LogP contribution is 2.43. The zero-order valence-corrected chi connectivity index (χ0v) is 12.4. The molecule has 0 radical (unpaired) electrons. The Morgan fingerprint density at radius 2 is 2.09 bits per heavy atom. The summed E-state index contributed by atoms with van der Waals surface area (Å²) in [4.78, 5) is 22.9. The number of rotatable bonds is 7. The minimum Gasteiger partial charge on any atom is -0.481 e. The Bertz CT molecular complexity index is 579. The van der Waals surface area contributed by atoms with E-state index in [1.165, 1.54) is 12.4 Å². The first-order chi connectivity index (χ1) is 10.7. The van der Waals surface area contributed by atoms with E-state index in [0.717, 1.165) is 23.9 Å². The Kier molecular flexibility index (Phi) is 4.96. The number of aliphatic carboxylic acids is 1. The maximum Gasteiger partial charge on any atom is 0.390 e. The lowest BCUT2D eigenvalue weighted by atomic mass is 9.66. The minimum absolute atomic E-state index is 0.00186. The smallest absolute Gasteiger partial charge is 0.390 e. The second-order valence-electron chi connectivity index (χ2n) is 5.96. The molecule has 6 nitrogen and oxygen atoms in total. The van der Waals surface area contributed by atoms with Gasteiger partial charge in [-0.05, 0) is 18.3 Å². The highest BCUT2D eigenvalue weighted by atomic mass is 19.4. The predicted molar refractivity (Wildman–Crippen MR) is 73.8 cm³/mol. The number of carboxylic acid groups (broad SMARTS) is 1. The molecule has 1 aromatic rings. The molecule has 0 aromatic carbocycles. The molecule has 1 amide bonds. The van der Waals surface area contributed by atoms with Gasteiger partial charge in [-0.25, -0.2) is 0 Å². The van der Waals surface area contributed by atoms with Crippen LogP contribution in [0.15, 0.2) is 12.4 Å². The number of nitrogens with one attached hydrogen (secondary N) is 1. The van der Waals surface area contributed by atoms with Crippen molar-refractivity contribution in [3.8, 4) is 0 Å². The summed E-state index contributed by atoms with van der Waals surface area (Å²) in [5.41, 5.74) is -0.245. The van der Waals surface area contributed by atoms with Crippen molar-refractivity contribution in [3.63, 3.8) is 0 Å². The van der Waals surface area contributed by atoms with Gasteiger partial charge < -0.3 is 10.4 Å². The third-order valence-electron chi connectivity index (χ3n) is 4.08. The zero-order valence-electron chi connectivity index (χ0n) is 12.4. The SMILES string of the molecule is O=C(O)CC1(CNC(=O)c2cnn(CCC(F)(F)F)c2)CCC1. The second-order valence-corrected chi connectivity index (χ2v) is 5.96. The number of nitrogens with zero attached hydrogens (tertiary/aromatic N) is 2. The molecule has 0 unspecified atom stereocenters. The van der Waals surface area contributed by atoms with Crippen LogP contribution in [0.2, 0.25) is 0 Å². The molecule has 0 atom stereocenters. The van der Waals surface area contributed by atoms with Crippen LogP contribution in [0.4, 0.5) is 13.2 Å². The van der Waals surface area contributed by atoms with Crippen LogP contribution in [-0.2, 0) is 11.3 Å². The number of aromatic nitrogens is 2. The van der Waals surface area contributed by atoms with Crippen molar-refractivity contribution in [1.29, 1.82) is 0 Å². The van der Waals surface area contributed by atoms with Crippen LogP contribution >= 0.6 is 0 Å². The van der Waals surface area contributed by atoms with E-state index in [9.17, 15) is 22.8 Å². The molecule has 23 heavy (non-hydrogen) atoms. The van der Waals surface area contributed by atoms with E-state index in [1.807, 2.05) is 0 Å². The van der Waals surface area contributed by atoms with Crippen molar-refractivity contribution in [1.82, 2.24) is 15.1 Å². The Balaban J connectivity index is 1.86. The van der Waals surface area contributed by atoms with Gasteiger partial charge >= 0.3 is 12.1 Å². The largest absolute Gasteiger partial charge is 0.481 e. The lowest BCUT2D eigenvalue weighted by molar-refractivity contribution is -0.141. The number of carbonyl (C=O) groups excluding carboxylic acids is 1. The quantitative estimate of drug-likeness (QED) is 0.801. The maximum absolute atomic E-state index is 12.1. The van der Waals surface area contributed by atoms with Gasteiger partial charge in [-0.2, -0.15) is 18.3 Å². The molecule has 1 aromatic heterocycles. The summed E-state index contributed by atoms with van der Waals surface area (Å²) < 4.78 is 37.5. The van der Waals surface area contributed by atoms with Crippen molar-refractivity contribution in [2.45, 2.75) is 44.8 Å². The third kappa shape index (κ3) is 4.97. The number of carbonyl (C=O) groups is 2. The summed E-state index contributed by atoms with van der Waals surface area (Å²) in [6.07, 6.45) is -0.424. The number of halogens is 3. The van der Waals surface area contributed by atoms with Crippen LogP contribution in [0.5, 0.6) is 0 Å². The van der Waals surface area contributed by atoms with E-state index in [-0.39, 0.29) is 25.1 Å². The van der Waals surface area contributed by atoms with Crippen LogP contribution in [0.3, 0.4) is 0 Å². The average Bonchev–Trinajstić information content (AvgIpc) is 2.87. The number of alkyl halides is 3. The van der Waals surface area contributed by atoms with Crippen LogP contribution in [0.25, 0.3) is 0 Å². The highest BCUT2D eigenvalue weighted by molar-refractivity contribution is 5.93. The van der Waals surface area contributed by atoms with Crippen molar-refractivity contribution in [2.24, 2.45) is 5.41 Å². The van der Waals surface area contributed by atoms with Gasteiger partial charge in [-0.3, -0.25) is 14.3 Å². The normalized spacial score (nSPS) is 16.7. The maximum atomic E-state index is 12.1. The molecular weight excluding hydrogens is 315 g/mol.